The molecular weight excluding hydrogens is 269 g/mol. The molecule has 2 N–H and O–H groups in total. The van der Waals surface area contributed by atoms with E-state index in [-0.39, 0.29) is 21.9 Å². The van der Waals surface area contributed by atoms with Gasteiger partial charge in [-0.3, -0.25) is 0 Å². The van der Waals surface area contributed by atoms with Gasteiger partial charge in [0, 0.05) is 17.5 Å². The molecule has 0 radical (unpaired) electrons. The van der Waals surface area contributed by atoms with Crippen LogP contribution in [0.15, 0.2) is 6.07 Å². The maximum Gasteiger partial charge on any atom is 0.208 e. The second kappa shape index (κ2) is 5.55. The highest BCUT2D eigenvalue weighted by Gasteiger charge is 2.38. The Kier molecular flexibility index (Phi) is 4.21. The van der Waals surface area contributed by atoms with E-state index in [1.807, 2.05) is 0 Å². The van der Waals surface area contributed by atoms with Crippen molar-refractivity contribution in [2.75, 3.05) is 20.8 Å². The van der Waals surface area contributed by atoms with Gasteiger partial charge in [0.1, 0.15) is 0 Å². The zero-order valence-electron chi connectivity index (χ0n) is 11.3. The van der Waals surface area contributed by atoms with Crippen molar-refractivity contribution in [1.29, 1.82) is 0 Å². The van der Waals surface area contributed by atoms with E-state index in [9.17, 15) is 4.39 Å². The Morgan fingerprint density at radius 3 is 2.32 bits per heavy atom. The van der Waals surface area contributed by atoms with Crippen LogP contribution in [0.2, 0.25) is 5.02 Å². The van der Waals surface area contributed by atoms with Crippen LogP contribution in [0.5, 0.6) is 11.5 Å². The summed E-state index contributed by atoms with van der Waals surface area (Å²) < 4.78 is 24.6. The molecule has 0 unspecified atom stereocenters. The fraction of sp³-hybridized carbons (Fsp3) is 0.571. The van der Waals surface area contributed by atoms with Crippen LogP contribution in [0.4, 0.5) is 4.39 Å². The van der Waals surface area contributed by atoms with Crippen LogP contribution in [0.3, 0.4) is 0 Å². The lowest BCUT2D eigenvalue weighted by Crippen LogP contribution is -2.32. The molecule has 1 aromatic rings. The van der Waals surface area contributed by atoms with Crippen molar-refractivity contribution in [2.24, 2.45) is 5.73 Å². The quantitative estimate of drug-likeness (QED) is 0.924. The van der Waals surface area contributed by atoms with Gasteiger partial charge < -0.3 is 15.2 Å². The predicted octanol–water partition coefficient (Wildman–Crippen LogP) is 3.27. The SMILES string of the molecule is COc1c(Cl)cc(C2(CN)CCCC2)c(OC)c1F. The van der Waals surface area contributed by atoms with Gasteiger partial charge in [-0.25, -0.2) is 0 Å². The van der Waals surface area contributed by atoms with E-state index in [1.165, 1.54) is 14.2 Å². The summed E-state index contributed by atoms with van der Waals surface area (Å²) in [4.78, 5) is 0. The van der Waals surface area contributed by atoms with Gasteiger partial charge in [-0.1, -0.05) is 24.4 Å². The van der Waals surface area contributed by atoms with E-state index in [4.69, 9.17) is 26.8 Å². The van der Waals surface area contributed by atoms with E-state index in [1.54, 1.807) is 6.07 Å². The first kappa shape index (κ1) is 14.4. The Morgan fingerprint density at radius 2 is 1.84 bits per heavy atom. The summed E-state index contributed by atoms with van der Waals surface area (Å²) in [5.41, 5.74) is 6.47. The van der Waals surface area contributed by atoms with Crippen LogP contribution >= 0.6 is 11.6 Å². The molecule has 0 heterocycles. The first-order chi connectivity index (χ1) is 9.09. The molecule has 0 saturated heterocycles. The molecule has 1 aromatic carbocycles. The second-order valence-corrected chi connectivity index (χ2v) is 5.39. The van der Waals surface area contributed by atoms with E-state index >= 15 is 0 Å². The normalized spacial score (nSPS) is 17.5. The third kappa shape index (κ3) is 2.28. The lowest BCUT2D eigenvalue weighted by molar-refractivity contribution is 0.333. The summed E-state index contributed by atoms with van der Waals surface area (Å²) in [5, 5.41) is 0.260. The van der Waals surface area contributed by atoms with Gasteiger partial charge in [-0.2, -0.15) is 4.39 Å². The molecule has 1 fully saturated rings. The van der Waals surface area contributed by atoms with Crippen molar-refractivity contribution < 1.29 is 13.9 Å². The van der Waals surface area contributed by atoms with Gasteiger partial charge in [0.15, 0.2) is 11.5 Å². The topological polar surface area (TPSA) is 44.5 Å². The minimum Gasteiger partial charge on any atom is -0.493 e. The van der Waals surface area contributed by atoms with Crippen LogP contribution in [-0.2, 0) is 5.41 Å². The van der Waals surface area contributed by atoms with Crippen LogP contribution in [0.1, 0.15) is 31.2 Å². The molecule has 2 rings (SSSR count). The van der Waals surface area contributed by atoms with Gasteiger partial charge >= 0.3 is 0 Å². The maximum absolute atomic E-state index is 14.4. The minimum atomic E-state index is -0.549. The highest BCUT2D eigenvalue weighted by Crippen LogP contribution is 2.48. The lowest BCUT2D eigenvalue weighted by atomic mass is 9.78. The molecule has 0 spiro atoms. The molecule has 0 aromatic heterocycles. The van der Waals surface area contributed by atoms with E-state index in [2.05, 4.69) is 0 Å². The molecule has 0 atom stereocenters. The van der Waals surface area contributed by atoms with Crippen LogP contribution < -0.4 is 15.2 Å². The molecule has 106 valence electrons. The van der Waals surface area contributed by atoms with Crippen molar-refractivity contribution >= 4 is 11.6 Å². The fourth-order valence-corrected chi connectivity index (χ4v) is 3.27. The van der Waals surface area contributed by atoms with Crippen molar-refractivity contribution in [1.82, 2.24) is 0 Å². The molecule has 0 amide bonds. The zero-order valence-corrected chi connectivity index (χ0v) is 12.0. The Morgan fingerprint density at radius 1 is 1.26 bits per heavy atom. The minimum absolute atomic E-state index is 0.0208. The van der Waals surface area contributed by atoms with Gasteiger partial charge in [0.05, 0.1) is 19.2 Å². The maximum atomic E-state index is 14.4. The van der Waals surface area contributed by atoms with Crippen molar-refractivity contribution in [3.63, 3.8) is 0 Å². The van der Waals surface area contributed by atoms with E-state index < -0.39 is 5.82 Å². The number of nitrogens with two attached hydrogens (primary N) is 1. The second-order valence-electron chi connectivity index (χ2n) is 4.98. The predicted molar refractivity (Wildman–Crippen MR) is 73.7 cm³/mol. The summed E-state index contributed by atoms with van der Waals surface area (Å²) >= 11 is 6.10. The average molecular weight is 288 g/mol. The van der Waals surface area contributed by atoms with Crippen molar-refractivity contribution in [3.05, 3.63) is 22.5 Å². The summed E-state index contributed by atoms with van der Waals surface area (Å²) in [6.45, 7) is 0.464. The number of methoxy groups -OCH3 is 2. The highest BCUT2D eigenvalue weighted by molar-refractivity contribution is 6.32. The van der Waals surface area contributed by atoms with Gasteiger partial charge in [0.25, 0.3) is 0 Å². The number of benzene rings is 1. The summed E-state index contributed by atoms with van der Waals surface area (Å²) in [7, 11) is 2.84. The number of hydrogen-bond donors (Lipinski definition) is 1. The van der Waals surface area contributed by atoms with Gasteiger partial charge in [-0.15, -0.1) is 0 Å². The van der Waals surface area contributed by atoms with E-state index in [0.29, 0.717) is 6.54 Å². The Bertz CT molecular complexity index is 473. The molecule has 0 bridgehead atoms. The molecule has 3 nitrogen and oxygen atoms in total. The zero-order chi connectivity index (χ0) is 14.0. The molecule has 1 saturated carbocycles. The summed E-state index contributed by atoms with van der Waals surface area (Å²) in [6, 6.07) is 1.74. The Balaban J connectivity index is 2.62. The fourth-order valence-electron chi connectivity index (χ4n) is 3.00. The van der Waals surface area contributed by atoms with Crippen LogP contribution in [0, 0.1) is 5.82 Å². The first-order valence-corrected chi connectivity index (χ1v) is 6.78. The highest BCUT2D eigenvalue weighted by atomic mass is 35.5. The smallest absolute Gasteiger partial charge is 0.208 e. The molecule has 1 aliphatic carbocycles. The molecule has 5 heteroatoms. The number of ether oxygens (including phenoxy) is 2. The largest absolute Gasteiger partial charge is 0.493 e. The number of halogens is 2. The first-order valence-electron chi connectivity index (χ1n) is 6.40. The molecular formula is C14H19ClFNO2. The monoisotopic (exact) mass is 287 g/mol. The standard InChI is InChI=1S/C14H19ClFNO2/c1-18-12-9(14(8-17)5-3-4-6-14)7-10(15)13(19-2)11(12)16/h7H,3-6,8,17H2,1-2H3. The third-order valence-corrected chi connectivity index (χ3v) is 4.34. The molecule has 1 aliphatic rings. The molecule has 19 heavy (non-hydrogen) atoms. The Labute approximate surface area is 117 Å². The number of rotatable bonds is 4. The van der Waals surface area contributed by atoms with Crippen molar-refractivity contribution in [2.45, 2.75) is 31.1 Å². The van der Waals surface area contributed by atoms with Gasteiger partial charge in [-0.05, 0) is 18.9 Å². The van der Waals surface area contributed by atoms with Crippen molar-refractivity contribution in [3.8, 4) is 11.5 Å². The average Bonchev–Trinajstić information content (AvgIpc) is 2.88. The third-order valence-electron chi connectivity index (χ3n) is 4.06. The molecule has 0 aliphatic heterocycles. The summed E-state index contributed by atoms with van der Waals surface area (Å²) in [5.74, 6) is -0.326. The Hall–Kier alpha value is -1.00. The lowest BCUT2D eigenvalue weighted by Gasteiger charge is -2.30. The van der Waals surface area contributed by atoms with Gasteiger partial charge in [0.2, 0.25) is 5.82 Å². The van der Waals surface area contributed by atoms with Crippen LogP contribution in [0.25, 0.3) is 0 Å². The van der Waals surface area contributed by atoms with Crippen LogP contribution in [-0.4, -0.2) is 20.8 Å². The van der Waals surface area contributed by atoms with E-state index in [0.717, 1.165) is 31.2 Å². The number of hydrogen-bond acceptors (Lipinski definition) is 3. The summed E-state index contributed by atoms with van der Waals surface area (Å²) in [6.07, 6.45) is 4.04.